The van der Waals surface area contributed by atoms with Gasteiger partial charge in [0.2, 0.25) is 0 Å². The molecule has 1 aromatic heterocycles. The summed E-state index contributed by atoms with van der Waals surface area (Å²) in [6, 6.07) is 12.3. The summed E-state index contributed by atoms with van der Waals surface area (Å²) in [5.74, 6) is 1.55. The van der Waals surface area contributed by atoms with Gasteiger partial charge in [0.1, 0.15) is 17.6 Å². The molecule has 2 heterocycles. The highest BCUT2D eigenvalue weighted by Crippen LogP contribution is 2.54. The molecule has 7 heteroatoms. The quantitative estimate of drug-likeness (QED) is 0.875. The monoisotopic (exact) mass is 331 g/mol. The standard InChI is InChI=1S/C18H13N5O2/c19-6-10-1-3-12-14(5-10)25-9-13-16(12)17(13)23-18(24)22-15-4-2-11(7-20)8-21-15/h1-5,8,13,16-17H,9H2,(H2,21,22,23,24). The minimum Gasteiger partial charge on any atom is -0.493 e. The maximum atomic E-state index is 12.2. The molecule has 1 fully saturated rings. The summed E-state index contributed by atoms with van der Waals surface area (Å²) >= 11 is 0. The van der Waals surface area contributed by atoms with Crippen LogP contribution in [0.2, 0.25) is 0 Å². The SMILES string of the molecule is N#Cc1ccc(NC(=O)NC2C3COc4cc(C#N)ccc4C32)nc1. The summed E-state index contributed by atoms with van der Waals surface area (Å²) in [5.41, 5.74) is 2.02. The van der Waals surface area contributed by atoms with E-state index in [1.165, 1.54) is 6.20 Å². The summed E-state index contributed by atoms with van der Waals surface area (Å²) in [6.07, 6.45) is 1.41. The van der Waals surface area contributed by atoms with Crippen molar-refractivity contribution >= 4 is 11.8 Å². The first kappa shape index (κ1) is 15.0. The molecule has 0 spiro atoms. The van der Waals surface area contributed by atoms with Crippen molar-refractivity contribution in [2.75, 3.05) is 11.9 Å². The molecule has 1 aromatic carbocycles. The summed E-state index contributed by atoms with van der Waals surface area (Å²) in [7, 11) is 0. The van der Waals surface area contributed by atoms with E-state index in [1.54, 1.807) is 24.3 Å². The van der Waals surface area contributed by atoms with E-state index in [4.69, 9.17) is 15.3 Å². The molecule has 1 aliphatic heterocycles. The Morgan fingerprint density at radius 2 is 2.00 bits per heavy atom. The van der Waals surface area contributed by atoms with Crippen LogP contribution in [0, 0.1) is 28.6 Å². The van der Waals surface area contributed by atoms with Crippen LogP contribution in [0.5, 0.6) is 5.75 Å². The largest absolute Gasteiger partial charge is 0.493 e. The molecule has 1 saturated carbocycles. The van der Waals surface area contributed by atoms with Gasteiger partial charge in [-0.2, -0.15) is 10.5 Å². The molecule has 7 nitrogen and oxygen atoms in total. The predicted molar refractivity (Wildman–Crippen MR) is 87.8 cm³/mol. The number of pyridine rings is 1. The number of rotatable bonds is 2. The fraction of sp³-hybridized carbons (Fsp3) is 0.222. The van der Waals surface area contributed by atoms with Crippen LogP contribution in [0.25, 0.3) is 0 Å². The van der Waals surface area contributed by atoms with E-state index in [0.29, 0.717) is 23.6 Å². The van der Waals surface area contributed by atoms with Gasteiger partial charge in [-0.15, -0.1) is 0 Å². The second kappa shape index (κ2) is 5.81. The predicted octanol–water partition coefficient (Wildman–Crippen LogP) is 2.12. The third-order valence-electron chi connectivity index (χ3n) is 4.53. The molecular formula is C18H13N5O2. The Bertz CT molecular complexity index is 926. The molecule has 3 unspecified atom stereocenters. The molecule has 25 heavy (non-hydrogen) atoms. The van der Waals surface area contributed by atoms with Gasteiger partial charge in [-0.05, 0) is 29.8 Å². The minimum atomic E-state index is -0.341. The van der Waals surface area contributed by atoms with Gasteiger partial charge >= 0.3 is 6.03 Å². The zero-order valence-corrected chi connectivity index (χ0v) is 13.1. The number of carbonyl (C=O) groups excluding carboxylic acids is 1. The number of nitriles is 2. The van der Waals surface area contributed by atoms with Crippen LogP contribution in [0.3, 0.4) is 0 Å². The van der Waals surface area contributed by atoms with Crippen LogP contribution >= 0.6 is 0 Å². The first-order chi connectivity index (χ1) is 12.2. The normalized spacial score (nSPS) is 22.2. The lowest BCUT2D eigenvalue weighted by atomic mass is 10.0. The molecule has 2 aromatic rings. The number of urea groups is 1. The van der Waals surface area contributed by atoms with Crippen molar-refractivity contribution in [2.45, 2.75) is 12.0 Å². The average molecular weight is 331 g/mol. The van der Waals surface area contributed by atoms with Crippen LogP contribution in [-0.4, -0.2) is 23.7 Å². The Balaban J connectivity index is 1.41. The van der Waals surface area contributed by atoms with Gasteiger partial charge in [-0.3, -0.25) is 5.32 Å². The van der Waals surface area contributed by atoms with E-state index in [-0.39, 0.29) is 23.9 Å². The topological polar surface area (TPSA) is 111 Å². The lowest BCUT2D eigenvalue weighted by Crippen LogP contribution is -2.32. The Hall–Kier alpha value is -3.58. The van der Waals surface area contributed by atoms with Gasteiger partial charge in [0, 0.05) is 24.1 Å². The van der Waals surface area contributed by atoms with Crippen molar-refractivity contribution in [3.63, 3.8) is 0 Å². The van der Waals surface area contributed by atoms with Crippen molar-refractivity contribution in [3.8, 4) is 17.9 Å². The number of ether oxygens (including phenoxy) is 1. The van der Waals surface area contributed by atoms with Gasteiger partial charge in [0.05, 0.1) is 23.8 Å². The first-order valence-electron chi connectivity index (χ1n) is 7.80. The van der Waals surface area contributed by atoms with E-state index in [0.717, 1.165) is 11.3 Å². The Labute approximate surface area is 143 Å². The van der Waals surface area contributed by atoms with Gasteiger partial charge < -0.3 is 10.1 Å². The van der Waals surface area contributed by atoms with Crippen molar-refractivity contribution in [1.29, 1.82) is 10.5 Å². The molecular weight excluding hydrogens is 318 g/mol. The second-order valence-corrected chi connectivity index (χ2v) is 6.03. The smallest absolute Gasteiger partial charge is 0.320 e. The lowest BCUT2D eigenvalue weighted by Gasteiger charge is -2.15. The summed E-state index contributed by atoms with van der Waals surface area (Å²) < 4.78 is 5.71. The molecule has 2 amide bonds. The van der Waals surface area contributed by atoms with Gasteiger partial charge in [-0.25, -0.2) is 9.78 Å². The highest BCUT2D eigenvalue weighted by atomic mass is 16.5. The van der Waals surface area contributed by atoms with Crippen molar-refractivity contribution in [1.82, 2.24) is 10.3 Å². The number of aromatic nitrogens is 1. The van der Waals surface area contributed by atoms with Crippen LogP contribution in [-0.2, 0) is 0 Å². The number of amides is 2. The maximum absolute atomic E-state index is 12.2. The number of nitrogens with zero attached hydrogens (tertiary/aromatic N) is 3. The number of anilines is 1. The maximum Gasteiger partial charge on any atom is 0.320 e. The first-order valence-corrected chi connectivity index (χ1v) is 7.80. The van der Waals surface area contributed by atoms with E-state index in [1.807, 2.05) is 12.1 Å². The number of carbonyl (C=O) groups is 1. The molecule has 2 N–H and O–H groups in total. The van der Waals surface area contributed by atoms with E-state index in [2.05, 4.69) is 21.7 Å². The second-order valence-electron chi connectivity index (χ2n) is 6.03. The zero-order valence-electron chi connectivity index (χ0n) is 13.1. The number of nitrogens with one attached hydrogen (secondary N) is 2. The summed E-state index contributed by atoms with van der Waals surface area (Å²) in [4.78, 5) is 16.2. The Morgan fingerprint density at radius 3 is 2.72 bits per heavy atom. The van der Waals surface area contributed by atoms with Gasteiger partial charge in [0.15, 0.2) is 0 Å². The van der Waals surface area contributed by atoms with E-state index in [9.17, 15) is 4.79 Å². The Kier molecular flexibility index (Phi) is 3.48. The fourth-order valence-electron chi connectivity index (χ4n) is 3.23. The molecule has 4 rings (SSSR count). The third kappa shape index (κ3) is 2.73. The average Bonchev–Trinajstić information content (AvgIpc) is 3.34. The number of benzene rings is 1. The minimum absolute atomic E-state index is 0.00688. The van der Waals surface area contributed by atoms with Crippen molar-refractivity contribution in [2.24, 2.45) is 5.92 Å². The van der Waals surface area contributed by atoms with Crippen LogP contribution < -0.4 is 15.4 Å². The third-order valence-corrected chi connectivity index (χ3v) is 4.53. The molecule has 1 aliphatic carbocycles. The van der Waals surface area contributed by atoms with E-state index >= 15 is 0 Å². The highest BCUT2D eigenvalue weighted by molar-refractivity contribution is 5.89. The van der Waals surface area contributed by atoms with Crippen LogP contribution in [0.1, 0.15) is 22.6 Å². The molecule has 2 aliphatic rings. The van der Waals surface area contributed by atoms with E-state index < -0.39 is 0 Å². The highest BCUT2D eigenvalue weighted by Gasteiger charge is 2.55. The molecule has 3 atom stereocenters. The molecule has 0 radical (unpaired) electrons. The van der Waals surface area contributed by atoms with Crippen LogP contribution in [0.15, 0.2) is 36.5 Å². The molecule has 122 valence electrons. The number of fused-ring (bicyclic) bond motifs is 3. The van der Waals surface area contributed by atoms with Gasteiger partial charge in [-0.1, -0.05) is 6.07 Å². The number of hydrogen-bond donors (Lipinski definition) is 2. The fourth-order valence-corrected chi connectivity index (χ4v) is 3.23. The molecule has 0 saturated heterocycles. The summed E-state index contributed by atoms with van der Waals surface area (Å²) in [6.45, 7) is 0.520. The van der Waals surface area contributed by atoms with Gasteiger partial charge in [0.25, 0.3) is 0 Å². The summed E-state index contributed by atoms with van der Waals surface area (Å²) in [5, 5.41) is 23.3. The molecule has 0 bridgehead atoms. The lowest BCUT2D eigenvalue weighted by molar-refractivity contribution is 0.249. The Morgan fingerprint density at radius 1 is 1.20 bits per heavy atom. The zero-order chi connectivity index (χ0) is 17.4. The van der Waals surface area contributed by atoms with Crippen LogP contribution in [0.4, 0.5) is 10.6 Å². The number of hydrogen-bond acceptors (Lipinski definition) is 5. The van der Waals surface area contributed by atoms with Crippen molar-refractivity contribution in [3.05, 3.63) is 53.2 Å². The van der Waals surface area contributed by atoms with Crippen molar-refractivity contribution < 1.29 is 9.53 Å².